The van der Waals surface area contributed by atoms with Crippen LogP contribution in [0.2, 0.25) is 0 Å². The van der Waals surface area contributed by atoms with Gasteiger partial charge in [0.2, 0.25) is 0 Å². The van der Waals surface area contributed by atoms with Crippen molar-refractivity contribution >= 4 is 0 Å². The summed E-state index contributed by atoms with van der Waals surface area (Å²) >= 11 is 0. The Morgan fingerprint density at radius 3 is 1.10 bits per heavy atom. The molecule has 0 saturated carbocycles. The van der Waals surface area contributed by atoms with Crippen molar-refractivity contribution in [1.29, 1.82) is 0 Å². The average Bonchev–Trinajstić information content (AvgIpc) is 1.81. The van der Waals surface area contributed by atoms with Crippen LogP contribution in [0.5, 0.6) is 0 Å². The minimum Gasteiger partial charge on any atom is -0.689 e. The molecule has 0 spiro atoms. The van der Waals surface area contributed by atoms with Crippen molar-refractivity contribution in [2.24, 2.45) is 0 Å². The monoisotopic (exact) mass is 394 g/mol. The average molecular weight is 394 g/mol. The summed E-state index contributed by atoms with van der Waals surface area (Å²) in [6.07, 6.45) is 0. The number of hydrogen-bond acceptors (Lipinski definition) is 8. The molecule has 0 heterocycles. The molecule has 0 aromatic heterocycles. The molecule has 0 aliphatic carbocycles. The van der Waals surface area contributed by atoms with Gasteiger partial charge in [-0.25, -0.2) is 0 Å². The molecule has 0 amide bonds. The standard InChI is InChI=1S/2Cs.H2O8/c;;1-3-5-7-8-6-4-2/h;;1-2H/q2*+1;/p-2. The molecule has 0 N–H and O–H groups in total. The Morgan fingerprint density at radius 1 is 0.600 bits per heavy atom. The summed E-state index contributed by atoms with van der Waals surface area (Å²) in [5.74, 6) is 0. The van der Waals surface area contributed by atoms with Crippen LogP contribution in [0.3, 0.4) is 0 Å². The van der Waals surface area contributed by atoms with Gasteiger partial charge >= 0.3 is 138 Å². The van der Waals surface area contributed by atoms with Crippen molar-refractivity contribution < 1.29 is 179 Å². The molecule has 0 radical (unpaired) electrons. The van der Waals surface area contributed by atoms with Crippen molar-refractivity contribution in [2.75, 3.05) is 0 Å². The predicted molar refractivity (Wildman–Crippen MR) is 6.51 cm³/mol. The molecule has 0 aliphatic rings. The van der Waals surface area contributed by atoms with Crippen LogP contribution in [0.15, 0.2) is 0 Å². The van der Waals surface area contributed by atoms with Gasteiger partial charge < -0.3 is 10.5 Å². The Hall–Kier alpha value is 3.78. The van der Waals surface area contributed by atoms with Crippen molar-refractivity contribution in [3.05, 3.63) is 0 Å². The maximum atomic E-state index is 8.79. The van der Waals surface area contributed by atoms with Gasteiger partial charge in [0.1, 0.15) is 0 Å². The van der Waals surface area contributed by atoms with Crippen LogP contribution in [0.1, 0.15) is 0 Å². The van der Waals surface area contributed by atoms with Crippen LogP contribution < -0.4 is 148 Å². The molecule has 0 fully saturated rings. The zero-order valence-electron chi connectivity index (χ0n) is 5.27. The third-order valence-corrected chi connectivity index (χ3v) is 0.139. The van der Waals surface area contributed by atoms with Crippen molar-refractivity contribution in [3.63, 3.8) is 0 Å². The smallest absolute Gasteiger partial charge is 0.689 e. The largest absolute Gasteiger partial charge is 1.00 e. The predicted octanol–water partition coefficient (Wildman–Crippen LogP) is -8.78. The van der Waals surface area contributed by atoms with E-state index in [0.29, 0.717) is 0 Å². The zero-order valence-corrected chi connectivity index (χ0v) is 17.8. The van der Waals surface area contributed by atoms with E-state index >= 15 is 0 Å². The van der Waals surface area contributed by atoms with E-state index < -0.39 is 0 Å². The summed E-state index contributed by atoms with van der Waals surface area (Å²) in [6, 6.07) is 0. The Morgan fingerprint density at radius 2 is 0.900 bits per heavy atom. The molecule has 50 valence electrons. The maximum absolute atomic E-state index is 8.79. The number of hydrogen-bond donors (Lipinski definition) is 0. The topological polar surface area (TPSA) is 102 Å². The third-order valence-electron chi connectivity index (χ3n) is 0.139. The summed E-state index contributed by atoms with van der Waals surface area (Å²) in [4.78, 5) is 0. The van der Waals surface area contributed by atoms with Crippen LogP contribution >= 0.6 is 0 Å². The molecule has 0 unspecified atom stereocenters. The molecular formula is Cs2O8. The van der Waals surface area contributed by atoms with Gasteiger partial charge in [0, 0.05) is 0 Å². The van der Waals surface area contributed by atoms with E-state index in [1.807, 2.05) is 0 Å². The van der Waals surface area contributed by atoms with E-state index in [1.165, 1.54) is 0 Å². The Balaban J connectivity index is -0.000000245. The van der Waals surface area contributed by atoms with Gasteiger partial charge in [-0.1, -0.05) is 0 Å². The van der Waals surface area contributed by atoms with Crippen LogP contribution in [0.4, 0.5) is 0 Å². The van der Waals surface area contributed by atoms with Crippen LogP contribution in [0, 0.1) is 0 Å². The minimum absolute atomic E-state index is 0. The molecule has 10 heavy (non-hydrogen) atoms. The molecule has 0 atom stereocenters. The second kappa shape index (κ2) is 18.5. The summed E-state index contributed by atoms with van der Waals surface area (Å²) in [6.45, 7) is 0. The molecule has 0 saturated heterocycles. The fraction of sp³-hybridized carbons (Fsp3) is 0. The van der Waals surface area contributed by atoms with E-state index in [2.05, 4.69) is 30.2 Å². The van der Waals surface area contributed by atoms with Crippen LogP contribution in [-0.2, 0) is 30.2 Å². The first-order valence-electron chi connectivity index (χ1n) is 1.17. The minimum atomic E-state index is 0. The first-order valence-corrected chi connectivity index (χ1v) is 1.17. The molecule has 10 heteroatoms. The Bertz CT molecular complexity index is 32.2. The third kappa shape index (κ3) is 17.8. The fourth-order valence-electron chi connectivity index (χ4n) is 0.0454. The van der Waals surface area contributed by atoms with Gasteiger partial charge in [-0.3, -0.25) is 10.1 Å². The van der Waals surface area contributed by atoms with Gasteiger partial charge in [-0.05, 0) is 20.2 Å². The van der Waals surface area contributed by atoms with Crippen LogP contribution in [0.25, 0.3) is 0 Å². The zero-order chi connectivity index (χ0) is 6.24. The molecule has 0 aromatic rings. The molecule has 0 rings (SSSR count). The van der Waals surface area contributed by atoms with Crippen molar-refractivity contribution in [2.45, 2.75) is 0 Å². The summed E-state index contributed by atoms with van der Waals surface area (Å²) in [7, 11) is 0. The quantitative estimate of drug-likeness (QED) is 0.258. The molecule has 8 nitrogen and oxygen atoms in total. The first kappa shape index (κ1) is 19.4. The second-order valence-electron chi connectivity index (χ2n) is 0.408. The summed E-state index contributed by atoms with van der Waals surface area (Å²) in [5, 5.41) is 35.0. The molecule has 0 aromatic carbocycles. The van der Waals surface area contributed by atoms with Gasteiger partial charge in [-0.15, -0.1) is 0 Å². The van der Waals surface area contributed by atoms with E-state index in [1.54, 1.807) is 0 Å². The van der Waals surface area contributed by atoms with Gasteiger partial charge in [0.05, 0.1) is 0 Å². The van der Waals surface area contributed by atoms with Gasteiger partial charge in [0.25, 0.3) is 0 Å². The maximum Gasteiger partial charge on any atom is 1.00 e. The van der Waals surface area contributed by atoms with Gasteiger partial charge in [-0.2, -0.15) is 0 Å². The summed E-state index contributed by atoms with van der Waals surface area (Å²) in [5.41, 5.74) is 0. The SMILES string of the molecule is [Cs+].[Cs+].[O-]OOOOOO[O-]. The molecule has 0 aliphatic heterocycles. The fourth-order valence-corrected chi connectivity index (χ4v) is 0.0454. The molecular weight excluding hydrogens is 394 g/mol. The van der Waals surface area contributed by atoms with E-state index in [0.717, 1.165) is 0 Å². The van der Waals surface area contributed by atoms with Gasteiger partial charge in [0.15, 0.2) is 0 Å². The van der Waals surface area contributed by atoms with Crippen LogP contribution in [-0.4, -0.2) is 0 Å². The second-order valence-corrected chi connectivity index (χ2v) is 0.408. The normalized spacial score (nSPS) is 7.80. The first-order chi connectivity index (χ1) is 3.91. The summed E-state index contributed by atoms with van der Waals surface area (Å²) < 4.78 is 0. The Kier molecular flexibility index (Phi) is 35.9. The Labute approximate surface area is 173 Å². The van der Waals surface area contributed by atoms with Crippen molar-refractivity contribution in [3.8, 4) is 0 Å². The van der Waals surface area contributed by atoms with E-state index in [9.17, 15) is 0 Å². The van der Waals surface area contributed by atoms with E-state index in [-0.39, 0.29) is 138 Å². The van der Waals surface area contributed by atoms with Crippen molar-refractivity contribution in [1.82, 2.24) is 0 Å². The molecule has 0 bridgehead atoms. The number of rotatable bonds is 5. The van der Waals surface area contributed by atoms with E-state index in [4.69, 9.17) is 10.5 Å².